The lowest BCUT2D eigenvalue weighted by atomic mass is 10.3. The number of hydrogen-bond acceptors (Lipinski definition) is 6. The Balaban J connectivity index is 1.62. The number of halogens is 3. The summed E-state index contributed by atoms with van der Waals surface area (Å²) in [5.74, 6) is 1.26. The predicted molar refractivity (Wildman–Crippen MR) is 91.7 cm³/mol. The number of benzene rings is 1. The minimum Gasteiger partial charge on any atom is -0.497 e. The lowest BCUT2D eigenvalue weighted by molar-refractivity contribution is -0.658. The van der Waals surface area contributed by atoms with Crippen molar-refractivity contribution in [2.45, 2.75) is 12.3 Å². The van der Waals surface area contributed by atoms with Gasteiger partial charge in [0, 0.05) is 6.20 Å². The standard InChI is InChI=1S/C17H21F3N4O3/c1-26-13-2-4-14(5-3-13)27-11-12(25)10-21-8-9-23-16-22-7-6-15(24-16)17(18,19)20/h2-7,12,21,25H,8-11H2,1H3,(H,22,23,24)/p+1/t12-/m1/s1. The maximum atomic E-state index is 12.6. The SMILES string of the molecule is COc1ccc(OC[C@H](O)C[NH2+]CCNc2nccc(C(F)(F)F)n2)cc1. The van der Waals surface area contributed by atoms with Gasteiger partial charge in [-0.1, -0.05) is 0 Å². The van der Waals surface area contributed by atoms with Crippen LogP contribution in [0.1, 0.15) is 5.69 Å². The van der Waals surface area contributed by atoms with Gasteiger partial charge in [-0.15, -0.1) is 0 Å². The fourth-order valence-corrected chi connectivity index (χ4v) is 2.13. The summed E-state index contributed by atoms with van der Waals surface area (Å²) in [5.41, 5.74) is -0.991. The van der Waals surface area contributed by atoms with Crippen molar-refractivity contribution in [3.8, 4) is 11.5 Å². The highest BCUT2D eigenvalue weighted by Crippen LogP contribution is 2.27. The van der Waals surface area contributed by atoms with Crippen LogP contribution in [0.3, 0.4) is 0 Å². The van der Waals surface area contributed by atoms with E-state index in [0.717, 1.165) is 12.3 Å². The number of rotatable bonds is 10. The molecule has 10 heteroatoms. The number of nitrogens with one attached hydrogen (secondary N) is 1. The molecular formula is C17H22F3N4O3+. The molecule has 4 N–H and O–H groups in total. The first-order valence-corrected chi connectivity index (χ1v) is 8.29. The first kappa shape index (κ1) is 20.7. The third-order valence-electron chi connectivity index (χ3n) is 3.52. The molecule has 0 aliphatic rings. The van der Waals surface area contributed by atoms with Crippen molar-refractivity contribution < 1.29 is 33.1 Å². The summed E-state index contributed by atoms with van der Waals surface area (Å²) >= 11 is 0. The van der Waals surface area contributed by atoms with Crippen LogP contribution in [0, 0.1) is 0 Å². The van der Waals surface area contributed by atoms with Crippen molar-refractivity contribution in [1.29, 1.82) is 0 Å². The van der Waals surface area contributed by atoms with Crippen molar-refractivity contribution in [3.63, 3.8) is 0 Å². The molecule has 7 nitrogen and oxygen atoms in total. The van der Waals surface area contributed by atoms with E-state index in [2.05, 4.69) is 15.3 Å². The highest BCUT2D eigenvalue weighted by Gasteiger charge is 2.32. The number of quaternary nitrogens is 1. The molecule has 1 aromatic carbocycles. The zero-order chi connectivity index (χ0) is 19.7. The van der Waals surface area contributed by atoms with E-state index in [-0.39, 0.29) is 12.6 Å². The number of hydrogen-bond donors (Lipinski definition) is 3. The number of methoxy groups -OCH3 is 1. The van der Waals surface area contributed by atoms with Gasteiger partial charge in [-0.05, 0) is 30.3 Å². The topological polar surface area (TPSA) is 93.1 Å². The second-order valence-corrected chi connectivity index (χ2v) is 5.64. The summed E-state index contributed by atoms with van der Waals surface area (Å²) < 4.78 is 48.2. The molecule has 1 aromatic heterocycles. The molecule has 0 saturated carbocycles. The van der Waals surface area contributed by atoms with Gasteiger partial charge in [0.15, 0.2) is 0 Å². The fourth-order valence-electron chi connectivity index (χ4n) is 2.13. The van der Waals surface area contributed by atoms with Crippen molar-refractivity contribution in [2.24, 2.45) is 0 Å². The number of nitrogens with two attached hydrogens (primary N) is 1. The Bertz CT molecular complexity index is 699. The smallest absolute Gasteiger partial charge is 0.433 e. The molecule has 0 aliphatic heterocycles. The summed E-state index contributed by atoms with van der Waals surface area (Å²) in [4.78, 5) is 7.16. The Kier molecular flexibility index (Phi) is 7.62. The van der Waals surface area contributed by atoms with Gasteiger partial charge in [-0.2, -0.15) is 13.2 Å². The largest absolute Gasteiger partial charge is 0.497 e. The van der Waals surface area contributed by atoms with Crippen molar-refractivity contribution in [3.05, 3.63) is 42.2 Å². The van der Waals surface area contributed by atoms with Crippen molar-refractivity contribution >= 4 is 5.95 Å². The molecule has 0 amide bonds. The van der Waals surface area contributed by atoms with Gasteiger partial charge >= 0.3 is 6.18 Å². The normalized spacial score (nSPS) is 12.5. The van der Waals surface area contributed by atoms with E-state index in [0.29, 0.717) is 31.1 Å². The molecule has 0 fully saturated rings. The van der Waals surface area contributed by atoms with Crippen LogP contribution < -0.4 is 20.1 Å². The monoisotopic (exact) mass is 387 g/mol. The van der Waals surface area contributed by atoms with Crippen LogP contribution in [0.5, 0.6) is 11.5 Å². The second kappa shape index (κ2) is 9.93. The third-order valence-corrected chi connectivity index (χ3v) is 3.52. The zero-order valence-electron chi connectivity index (χ0n) is 14.7. The minimum absolute atomic E-state index is 0.0818. The van der Waals surface area contributed by atoms with Crippen molar-refractivity contribution in [1.82, 2.24) is 9.97 Å². The summed E-state index contributed by atoms with van der Waals surface area (Å²) in [6, 6.07) is 7.82. The van der Waals surface area contributed by atoms with E-state index in [9.17, 15) is 18.3 Å². The molecule has 1 heterocycles. The Hall–Kier alpha value is -2.59. The van der Waals surface area contributed by atoms with Gasteiger partial charge in [-0.3, -0.25) is 0 Å². The van der Waals surface area contributed by atoms with Crippen LogP contribution in [0.2, 0.25) is 0 Å². The predicted octanol–water partition coefficient (Wildman–Crippen LogP) is 0.919. The average molecular weight is 387 g/mol. The number of aliphatic hydroxyl groups is 1. The number of aromatic nitrogens is 2. The van der Waals surface area contributed by atoms with Crippen LogP contribution in [-0.2, 0) is 6.18 Å². The molecule has 0 saturated heterocycles. The lowest BCUT2D eigenvalue weighted by Crippen LogP contribution is -2.87. The van der Waals surface area contributed by atoms with E-state index in [1.807, 2.05) is 5.32 Å². The van der Waals surface area contributed by atoms with Crippen LogP contribution in [0.15, 0.2) is 36.5 Å². The molecule has 148 valence electrons. The Labute approximate surface area is 154 Å². The van der Waals surface area contributed by atoms with E-state index < -0.39 is 18.0 Å². The molecule has 27 heavy (non-hydrogen) atoms. The number of nitrogens with zero attached hydrogens (tertiary/aromatic N) is 2. The Morgan fingerprint density at radius 3 is 2.56 bits per heavy atom. The van der Waals surface area contributed by atoms with E-state index in [1.165, 1.54) is 0 Å². The average Bonchev–Trinajstić information content (AvgIpc) is 2.66. The van der Waals surface area contributed by atoms with Gasteiger partial charge in [0.1, 0.15) is 36.4 Å². The molecule has 0 aliphatic carbocycles. The number of anilines is 1. The van der Waals surface area contributed by atoms with Crippen molar-refractivity contribution in [2.75, 3.05) is 38.7 Å². The van der Waals surface area contributed by atoms with Gasteiger partial charge in [0.25, 0.3) is 0 Å². The summed E-state index contributed by atoms with van der Waals surface area (Å²) in [6.45, 7) is 1.40. The highest BCUT2D eigenvalue weighted by molar-refractivity contribution is 5.31. The maximum Gasteiger partial charge on any atom is 0.433 e. The molecule has 0 bridgehead atoms. The first-order valence-electron chi connectivity index (χ1n) is 8.29. The van der Waals surface area contributed by atoms with Crippen LogP contribution in [-0.4, -0.2) is 54.5 Å². The third kappa shape index (κ3) is 7.27. The quantitative estimate of drug-likeness (QED) is 0.525. The lowest BCUT2D eigenvalue weighted by Gasteiger charge is -2.12. The van der Waals surface area contributed by atoms with E-state index >= 15 is 0 Å². The number of ether oxygens (including phenoxy) is 2. The molecule has 0 unspecified atom stereocenters. The van der Waals surface area contributed by atoms with Crippen LogP contribution in [0.25, 0.3) is 0 Å². The summed E-state index contributed by atoms with van der Waals surface area (Å²) in [6.07, 6.45) is -4.13. The Morgan fingerprint density at radius 1 is 1.19 bits per heavy atom. The molecule has 0 radical (unpaired) electrons. The second-order valence-electron chi connectivity index (χ2n) is 5.64. The number of alkyl halides is 3. The van der Waals surface area contributed by atoms with Crippen LogP contribution in [0.4, 0.5) is 19.1 Å². The summed E-state index contributed by atoms with van der Waals surface area (Å²) in [5, 5.41) is 14.4. The van der Waals surface area contributed by atoms with Crippen LogP contribution >= 0.6 is 0 Å². The van der Waals surface area contributed by atoms with Gasteiger partial charge in [0.05, 0.1) is 20.2 Å². The Morgan fingerprint density at radius 2 is 1.89 bits per heavy atom. The maximum absolute atomic E-state index is 12.6. The summed E-state index contributed by atoms with van der Waals surface area (Å²) in [7, 11) is 1.57. The van der Waals surface area contributed by atoms with E-state index in [4.69, 9.17) is 9.47 Å². The van der Waals surface area contributed by atoms with E-state index in [1.54, 1.807) is 31.4 Å². The molecule has 2 rings (SSSR count). The molecule has 2 aromatic rings. The number of aliphatic hydroxyl groups excluding tert-OH is 1. The fraction of sp³-hybridized carbons (Fsp3) is 0.412. The first-order chi connectivity index (χ1) is 12.9. The molecule has 0 spiro atoms. The highest BCUT2D eigenvalue weighted by atomic mass is 19.4. The minimum atomic E-state index is -4.50. The molecular weight excluding hydrogens is 365 g/mol. The van der Waals surface area contributed by atoms with Gasteiger partial charge in [-0.25, -0.2) is 9.97 Å². The zero-order valence-corrected chi connectivity index (χ0v) is 14.7. The van der Waals surface area contributed by atoms with Gasteiger partial charge < -0.3 is 25.2 Å². The molecule has 1 atom stereocenters. The van der Waals surface area contributed by atoms with Gasteiger partial charge in [0.2, 0.25) is 5.95 Å².